The first-order valence-electron chi connectivity index (χ1n) is 10.6. The molecule has 0 unspecified atom stereocenters. The van der Waals surface area contributed by atoms with E-state index in [0.717, 1.165) is 39.6 Å². The van der Waals surface area contributed by atoms with E-state index in [0.29, 0.717) is 29.4 Å². The molecule has 1 amide bonds. The minimum absolute atomic E-state index is 0.162. The number of benzene rings is 3. The molecule has 2 heterocycles. The van der Waals surface area contributed by atoms with Gasteiger partial charge in [0.05, 0.1) is 24.8 Å². The summed E-state index contributed by atoms with van der Waals surface area (Å²) in [5.74, 6) is 0.377. The first-order valence-corrected chi connectivity index (χ1v) is 11.0. The Bertz CT molecular complexity index is 1280. The van der Waals surface area contributed by atoms with Crippen molar-refractivity contribution >= 4 is 28.4 Å². The van der Waals surface area contributed by atoms with E-state index in [4.69, 9.17) is 16.3 Å². The molecule has 5 rings (SSSR count). The highest BCUT2D eigenvalue weighted by atomic mass is 35.5. The number of halogens is 1. The molecule has 0 bridgehead atoms. The standard InChI is InChI=1S/C26H23ClN2O3/c27-20-7-5-16(6-8-20)18-11-17-9-10-32-25(17)23(13-18)26(31)29-21(15-30)12-19-14-28-24-4-2-1-3-22(19)24/h1-8,11,13-14,21,28,30H,9-10,12,15H2,(H,29,31)/t21-/m1/s1. The third-order valence-corrected chi connectivity index (χ3v) is 6.15. The Morgan fingerprint density at radius 2 is 1.94 bits per heavy atom. The predicted molar refractivity (Wildman–Crippen MR) is 126 cm³/mol. The lowest BCUT2D eigenvalue weighted by Gasteiger charge is -2.18. The number of H-pyrrole nitrogens is 1. The zero-order chi connectivity index (χ0) is 22.1. The van der Waals surface area contributed by atoms with Crippen LogP contribution < -0.4 is 10.1 Å². The van der Waals surface area contributed by atoms with Crippen molar-refractivity contribution in [3.8, 4) is 16.9 Å². The van der Waals surface area contributed by atoms with Crippen LogP contribution in [0.2, 0.25) is 5.02 Å². The van der Waals surface area contributed by atoms with Crippen LogP contribution in [-0.2, 0) is 12.8 Å². The number of nitrogens with one attached hydrogen (secondary N) is 2. The number of aliphatic hydroxyl groups is 1. The van der Waals surface area contributed by atoms with Gasteiger partial charge in [-0.3, -0.25) is 4.79 Å². The van der Waals surface area contributed by atoms with Gasteiger partial charge in [-0.05, 0) is 59.0 Å². The number of carbonyl (C=O) groups is 1. The zero-order valence-corrected chi connectivity index (χ0v) is 18.2. The Kier molecular flexibility index (Phi) is 5.60. The summed E-state index contributed by atoms with van der Waals surface area (Å²) in [6, 6.07) is 19.1. The largest absolute Gasteiger partial charge is 0.492 e. The average Bonchev–Trinajstić information content (AvgIpc) is 3.45. The molecule has 0 saturated heterocycles. The van der Waals surface area contributed by atoms with Gasteiger partial charge in [0.1, 0.15) is 5.75 Å². The number of amides is 1. The Balaban J connectivity index is 1.42. The Labute approximate surface area is 191 Å². The molecule has 5 nitrogen and oxygen atoms in total. The molecule has 32 heavy (non-hydrogen) atoms. The lowest BCUT2D eigenvalue weighted by atomic mass is 9.97. The number of ether oxygens (including phenoxy) is 1. The molecule has 0 saturated carbocycles. The van der Waals surface area contributed by atoms with Crippen LogP contribution in [0, 0.1) is 0 Å². The molecular weight excluding hydrogens is 424 g/mol. The number of hydrogen-bond donors (Lipinski definition) is 3. The maximum Gasteiger partial charge on any atom is 0.255 e. The number of aliphatic hydroxyl groups excluding tert-OH is 1. The van der Waals surface area contributed by atoms with Gasteiger partial charge in [0, 0.05) is 28.5 Å². The van der Waals surface area contributed by atoms with Crippen LogP contribution in [0.3, 0.4) is 0 Å². The lowest BCUT2D eigenvalue weighted by Crippen LogP contribution is -2.39. The highest BCUT2D eigenvalue weighted by molar-refractivity contribution is 6.30. The summed E-state index contributed by atoms with van der Waals surface area (Å²) in [6.07, 6.45) is 3.21. The summed E-state index contributed by atoms with van der Waals surface area (Å²) in [7, 11) is 0. The van der Waals surface area contributed by atoms with Crippen LogP contribution >= 0.6 is 11.6 Å². The van der Waals surface area contributed by atoms with Gasteiger partial charge in [-0.2, -0.15) is 0 Å². The van der Waals surface area contributed by atoms with Gasteiger partial charge in [0.25, 0.3) is 5.91 Å². The third kappa shape index (κ3) is 3.97. The van der Waals surface area contributed by atoms with Crippen LogP contribution in [0.15, 0.2) is 66.9 Å². The first-order chi connectivity index (χ1) is 15.6. The van der Waals surface area contributed by atoms with Gasteiger partial charge in [0.15, 0.2) is 0 Å². The van der Waals surface area contributed by atoms with Gasteiger partial charge in [-0.25, -0.2) is 0 Å². The summed E-state index contributed by atoms with van der Waals surface area (Å²) in [5.41, 5.74) is 5.51. The second-order valence-electron chi connectivity index (χ2n) is 8.03. The Morgan fingerprint density at radius 1 is 1.12 bits per heavy atom. The Hall–Kier alpha value is -3.28. The number of aromatic nitrogens is 1. The van der Waals surface area contributed by atoms with Crippen LogP contribution in [0.25, 0.3) is 22.0 Å². The van der Waals surface area contributed by atoms with E-state index >= 15 is 0 Å². The number of aromatic amines is 1. The lowest BCUT2D eigenvalue weighted by molar-refractivity contribution is 0.0913. The highest BCUT2D eigenvalue weighted by Crippen LogP contribution is 2.35. The molecule has 162 valence electrons. The monoisotopic (exact) mass is 446 g/mol. The van der Waals surface area contributed by atoms with Crippen molar-refractivity contribution in [3.05, 3.63) is 88.6 Å². The fourth-order valence-corrected chi connectivity index (χ4v) is 4.40. The quantitative estimate of drug-likeness (QED) is 0.400. The van der Waals surface area contributed by atoms with Crippen LogP contribution in [0.1, 0.15) is 21.5 Å². The molecule has 3 aromatic carbocycles. The molecule has 1 aromatic heterocycles. The van der Waals surface area contributed by atoms with E-state index in [9.17, 15) is 9.90 Å². The second-order valence-corrected chi connectivity index (χ2v) is 8.47. The van der Waals surface area contributed by atoms with E-state index in [1.54, 1.807) is 0 Å². The summed E-state index contributed by atoms with van der Waals surface area (Å²) in [4.78, 5) is 16.5. The van der Waals surface area contributed by atoms with Crippen molar-refractivity contribution in [2.45, 2.75) is 18.9 Å². The van der Waals surface area contributed by atoms with E-state index in [-0.39, 0.29) is 12.5 Å². The number of fused-ring (bicyclic) bond motifs is 2. The summed E-state index contributed by atoms with van der Waals surface area (Å²) in [5, 5.41) is 14.7. The zero-order valence-electron chi connectivity index (χ0n) is 17.4. The molecular formula is C26H23ClN2O3. The number of rotatable bonds is 6. The minimum Gasteiger partial charge on any atom is -0.492 e. The van der Waals surface area contributed by atoms with Crippen molar-refractivity contribution < 1.29 is 14.6 Å². The van der Waals surface area contributed by atoms with Crippen molar-refractivity contribution in [1.29, 1.82) is 0 Å². The topological polar surface area (TPSA) is 74.4 Å². The maximum absolute atomic E-state index is 13.3. The van der Waals surface area contributed by atoms with Crippen molar-refractivity contribution in [3.63, 3.8) is 0 Å². The average molecular weight is 447 g/mol. The molecule has 0 radical (unpaired) electrons. The molecule has 4 aromatic rings. The van der Waals surface area contributed by atoms with Gasteiger partial charge < -0.3 is 20.1 Å². The fourth-order valence-electron chi connectivity index (χ4n) is 4.28. The van der Waals surface area contributed by atoms with Gasteiger partial charge in [0.2, 0.25) is 0 Å². The summed E-state index contributed by atoms with van der Waals surface area (Å²) < 4.78 is 5.79. The van der Waals surface area contributed by atoms with Crippen molar-refractivity contribution in [1.82, 2.24) is 10.3 Å². The summed E-state index contributed by atoms with van der Waals surface area (Å²) in [6.45, 7) is 0.392. The second kappa shape index (κ2) is 8.69. The van der Waals surface area contributed by atoms with Crippen LogP contribution in [0.5, 0.6) is 5.75 Å². The van der Waals surface area contributed by atoms with Gasteiger partial charge >= 0.3 is 0 Å². The van der Waals surface area contributed by atoms with E-state index in [1.165, 1.54) is 0 Å². The van der Waals surface area contributed by atoms with Crippen molar-refractivity contribution in [2.24, 2.45) is 0 Å². The Morgan fingerprint density at radius 3 is 2.75 bits per heavy atom. The maximum atomic E-state index is 13.3. The molecule has 3 N–H and O–H groups in total. The van der Waals surface area contributed by atoms with Crippen molar-refractivity contribution in [2.75, 3.05) is 13.2 Å². The third-order valence-electron chi connectivity index (χ3n) is 5.90. The fraction of sp³-hybridized carbons (Fsp3) is 0.192. The molecule has 1 aliphatic rings. The predicted octanol–water partition coefficient (Wildman–Crippen LogP) is 4.76. The van der Waals surface area contributed by atoms with Crippen LogP contribution in [-0.4, -0.2) is 35.3 Å². The number of carbonyl (C=O) groups excluding carboxylic acids is 1. The van der Waals surface area contributed by atoms with Gasteiger partial charge in [-0.15, -0.1) is 0 Å². The highest BCUT2D eigenvalue weighted by Gasteiger charge is 2.24. The smallest absolute Gasteiger partial charge is 0.255 e. The number of hydrogen-bond acceptors (Lipinski definition) is 3. The minimum atomic E-state index is -0.419. The normalized spacial score (nSPS) is 13.6. The van der Waals surface area contributed by atoms with Crippen LogP contribution in [0.4, 0.5) is 0 Å². The van der Waals surface area contributed by atoms with E-state index < -0.39 is 6.04 Å². The van der Waals surface area contributed by atoms with Gasteiger partial charge in [-0.1, -0.05) is 41.9 Å². The summed E-state index contributed by atoms with van der Waals surface area (Å²) >= 11 is 6.03. The van der Waals surface area contributed by atoms with E-state index in [2.05, 4.69) is 16.4 Å². The molecule has 0 fully saturated rings. The molecule has 0 spiro atoms. The first kappa shape index (κ1) is 20.6. The molecule has 1 aliphatic heterocycles. The molecule has 1 atom stereocenters. The molecule has 0 aliphatic carbocycles. The SMILES string of the molecule is O=C(N[C@@H](CO)Cc1c[nH]c2ccccc12)c1cc(-c2ccc(Cl)cc2)cc2c1OCC2. The number of para-hydroxylation sites is 1. The molecule has 6 heteroatoms. The van der Waals surface area contributed by atoms with E-state index in [1.807, 2.05) is 60.8 Å².